The van der Waals surface area contributed by atoms with Gasteiger partial charge in [-0.1, -0.05) is 12.1 Å². The van der Waals surface area contributed by atoms with Crippen LogP contribution in [0.2, 0.25) is 0 Å². The van der Waals surface area contributed by atoms with Crippen molar-refractivity contribution < 1.29 is 26.7 Å². The van der Waals surface area contributed by atoms with Gasteiger partial charge in [-0.25, -0.2) is 13.1 Å². The van der Waals surface area contributed by atoms with Crippen LogP contribution in [0.25, 0.3) is 0 Å². The molecule has 2 aromatic carbocycles. The number of carbonyl (C=O) groups excluding carboxylic acids is 1. The van der Waals surface area contributed by atoms with E-state index in [-0.39, 0.29) is 29.1 Å². The first-order valence-corrected chi connectivity index (χ1v) is 9.98. The van der Waals surface area contributed by atoms with Gasteiger partial charge in [0, 0.05) is 25.2 Å². The number of benzene rings is 2. The van der Waals surface area contributed by atoms with Crippen LogP contribution in [0.1, 0.15) is 29.8 Å². The van der Waals surface area contributed by atoms with E-state index in [9.17, 15) is 22.0 Å². The Kier molecular flexibility index (Phi) is 7.09. The fourth-order valence-electron chi connectivity index (χ4n) is 2.50. The minimum Gasteiger partial charge on any atom is -0.435 e. The maximum atomic E-state index is 12.5. The Hall–Kier alpha value is -2.52. The number of rotatable bonds is 8. The average molecular weight is 412 g/mol. The van der Waals surface area contributed by atoms with Gasteiger partial charge in [-0.2, -0.15) is 8.78 Å². The number of sulfonamides is 1. The first kappa shape index (κ1) is 21.8. The Balaban J connectivity index is 2.05. The maximum absolute atomic E-state index is 12.5. The number of ether oxygens (including phenoxy) is 1. The van der Waals surface area contributed by atoms with Crippen LogP contribution in [0.5, 0.6) is 5.75 Å². The van der Waals surface area contributed by atoms with Gasteiger partial charge in [-0.15, -0.1) is 0 Å². The molecular weight excluding hydrogens is 390 g/mol. The summed E-state index contributed by atoms with van der Waals surface area (Å²) in [7, 11) is -2.03. The van der Waals surface area contributed by atoms with Crippen LogP contribution in [-0.4, -0.2) is 38.9 Å². The molecule has 0 saturated heterocycles. The van der Waals surface area contributed by atoms with Crippen molar-refractivity contribution in [1.82, 2.24) is 9.62 Å². The number of carbonyl (C=O) groups is 1. The topological polar surface area (TPSA) is 75.7 Å². The molecule has 0 atom stereocenters. The third kappa shape index (κ3) is 6.00. The number of nitrogens with one attached hydrogen (secondary N) is 1. The van der Waals surface area contributed by atoms with Gasteiger partial charge in [0.2, 0.25) is 10.0 Å². The van der Waals surface area contributed by atoms with Gasteiger partial charge in [0.1, 0.15) is 5.75 Å². The second-order valence-corrected chi connectivity index (χ2v) is 8.20. The Morgan fingerprint density at radius 2 is 1.64 bits per heavy atom. The van der Waals surface area contributed by atoms with E-state index in [1.54, 1.807) is 33.0 Å². The van der Waals surface area contributed by atoms with Crippen molar-refractivity contribution in [2.45, 2.75) is 37.9 Å². The SMILES string of the molecule is CC(C)NS(=O)(=O)c1ccc(C(=O)N(C)Cc2ccc(OC(F)F)cc2)cc1. The lowest BCUT2D eigenvalue weighted by atomic mass is 10.1. The van der Waals surface area contributed by atoms with Crippen molar-refractivity contribution in [3.63, 3.8) is 0 Å². The van der Waals surface area contributed by atoms with E-state index in [1.807, 2.05) is 0 Å². The van der Waals surface area contributed by atoms with Crippen LogP contribution in [0, 0.1) is 0 Å². The number of amides is 1. The number of alkyl halides is 2. The molecule has 0 aliphatic heterocycles. The minimum absolute atomic E-state index is 0.0412. The summed E-state index contributed by atoms with van der Waals surface area (Å²) in [5.41, 5.74) is 1.07. The summed E-state index contributed by atoms with van der Waals surface area (Å²) in [4.78, 5) is 14.1. The highest BCUT2D eigenvalue weighted by Crippen LogP contribution is 2.17. The zero-order valence-corrected chi connectivity index (χ0v) is 16.5. The first-order valence-electron chi connectivity index (χ1n) is 8.50. The van der Waals surface area contributed by atoms with Crippen molar-refractivity contribution >= 4 is 15.9 Å². The normalized spacial score (nSPS) is 11.7. The van der Waals surface area contributed by atoms with Crippen LogP contribution in [0.4, 0.5) is 8.78 Å². The zero-order valence-electron chi connectivity index (χ0n) is 15.7. The molecule has 0 unspecified atom stereocenters. The van der Waals surface area contributed by atoms with Crippen LogP contribution in [-0.2, 0) is 16.6 Å². The summed E-state index contributed by atoms with van der Waals surface area (Å²) < 4.78 is 55.4. The van der Waals surface area contributed by atoms with Crippen molar-refractivity contribution in [2.24, 2.45) is 0 Å². The van der Waals surface area contributed by atoms with E-state index in [0.717, 1.165) is 5.56 Å². The van der Waals surface area contributed by atoms with E-state index in [1.165, 1.54) is 41.3 Å². The smallest absolute Gasteiger partial charge is 0.387 e. The molecule has 2 rings (SSSR count). The fraction of sp³-hybridized carbons (Fsp3) is 0.316. The molecule has 2 aromatic rings. The molecule has 1 N–H and O–H groups in total. The van der Waals surface area contributed by atoms with E-state index < -0.39 is 16.6 Å². The van der Waals surface area contributed by atoms with E-state index >= 15 is 0 Å². The van der Waals surface area contributed by atoms with Crippen molar-refractivity contribution in [1.29, 1.82) is 0 Å². The Bertz CT molecular complexity index is 899. The third-order valence-electron chi connectivity index (χ3n) is 3.72. The Morgan fingerprint density at radius 3 is 2.14 bits per heavy atom. The lowest BCUT2D eigenvalue weighted by Crippen LogP contribution is -2.30. The lowest BCUT2D eigenvalue weighted by molar-refractivity contribution is -0.0498. The summed E-state index contributed by atoms with van der Waals surface area (Å²) in [5.74, 6) is -0.256. The summed E-state index contributed by atoms with van der Waals surface area (Å²) >= 11 is 0. The molecule has 28 heavy (non-hydrogen) atoms. The van der Waals surface area contributed by atoms with Crippen molar-refractivity contribution in [3.05, 3.63) is 59.7 Å². The maximum Gasteiger partial charge on any atom is 0.387 e. The predicted molar refractivity (Wildman–Crippen MR) is 101 cm³/mol. The van der Waals surface area contributed by atoms with Gasteiger partial charge < -0.3 is 9.64 Å². The molecular formula is C19H22F2N2O4S. The van der Waals surface area contributed by atoms with Gasteiger partial charge in [-0.05, 0) is 55.8 Å². The summed E-state index contributed by atoms with van der Waals surface area (Å²) in [6.45, 7) is 0.799. The first-order chi connectivity index (χ1) is 13.1. The van der Waals surface area contributed by atoms with Crippen molar-refractivity contribution in [3.8, 4) is 5.75 Å². The van der Waals surface area contributed by atoms with E-state index in [2.05, 4.69) is 9.46 Å². The number of nitrogens with zero attached hydrogens (tertiary/aromatic N) is 1. The standard InChI is InChI=1S/C19H22F2N2O4S/c1-13(2)22-28(25,26)17-10-6-15(7-11-17)18(24)23(3)12-14-4-8-16(9-5-14)27-19(20)21/h4-11,13,19,22H,12H2,1-3H3. The zero-order chi connectivity index (χ0) is 20.9. The van der Waals surface area contributed by atoms with Gasteiger partial charge in [-0.3, -0.25) is 4.79 Å². The number of hydrogen-bond donors (Lipinski definition) is 1. The molecule has 0 aliphatic rings. The second-order valence-electron chi connectivity index (χ2n) is 6.48. The highest BCUT2D eigenvalue weighted by Gasteiger charge is 2.17. The van der Waals surface area contributed by atoms with Crippen molar-refractivity contribution in [2.75, 3.05) is 7.05 Å². The quantitative estimate of drug-likeness (QED) is 0.722. The molecule has 152 valence electrons. The van der Waals surface area contributed by atoms with E-state index in [4.69, 9.17) is 0 Å². The molecule has 0 aliphatic carbocycles. The molecule has 0 bridgehead atoms. The van der Waals surface area contributed by atoms with Gasteiger partial charge in [0.05, 0.1) is 4.90 Å². The molecule has 0 spiro atoms. The number of hydrogen-bond acceptors (Lipinski definition) is 4. The Morgan fingerprint density at radius 1 is 1.07 bits per heavy atom. The average Bonchev–Trinajstić information content (AvgIpc) is 2.61. The molecule has 0 radical (unpaired) electrons. The van der Waals surface area contributed by atoms with E-state index in [0.29, 0.717) is 5.56 Å². The van der Waals surface area contributed by atoms with Gasteiger partial charge in [0.15, 0.2) is 0 Å². The third-order valence-corrected chi connectivity index (χ3v) is 5.39. The molecule has 9 heteroatoms. The van der Waals surface area contributed by atoms with Gasteiger partial charge in [0.25, 0.3) is 5.91 Å². The summed E-state index contributed by atoms with van der Waals surface area (Å²) in [5, 5.41) is 0. The molecule has 0 saturated carbocycles. The molecule has 0 aromatic heterocycles. The van der Waals surface area contributed by atoms with Crippen LogP contribution in [0.15, 0.2) is 53.4 Å². The largest absolute Gasteiger partial charge is 0.435 e. The summed E-state index contributed by atoms with van der Waals surface area (Å²) in [6, 6.07) is 11.4. The predicted octanol–water partition coefficient (Wildman–Crippen LogP) is 3.25. The Labute approximate surface area is 163 Å². The minimum atomic E-state index is -3.62. The van der Waals surface area contributed by atoms with Crippen LogP contribution >= 0.6 is 0 Å². The fourth-order valence-corrected chi connectivity index (χ4v) is 3.75. The summed E-state index contributed by atoms with van der Waals surface area (Å²) in [6.07, 6.45) is 0. The molecule has 0 heterocycles. The van der Waals surface area contributed by atoms with Crippen LogP contribution < -0.4 is 9.46 Å². The number of halogens is 2. The highest BCUT2D eigenvalue weighted by atomic mass is 32.2. The molecule has 1 amide bonds. The second kappa shape index (κ2) is 9.11. The highest BCUT2D eigenvalue weighted by molar-refractivity contribution is 7.89. The monoisotopic (exact) mass is 412 g/mol. The van der Waals surface area contributed by atoms with Gasteiger partial charge >= 0.3 is 6.61 Å². The van der Waals surface area contributed by atoms with Crippen LogP contribution in [0.3, 0.4) is 0 Å². The molecule has 6 nitrogen and oxygen atoms in total. The molecule has 0 fully saturated rings. The lowest BCUT2D eigenvalue weighted by Gasteiger charge is -2.18.